The molecule has 2 fully saturated rings. The molecule has 23 heavy (non-hydrogen) atoms. The van der Waals surface area contributed by atoms with Gasteiger partial charge in [0.2, 0.25) is 0 Å². The van der Waals surface area contributed by atoms with Gasteiger partial charge in [0.1, 0.15) is 11.9 Å². The maximum Gasteiger partial charge on any atom is 0.125 e. The summed E-state index contributed by atoms with van der Waals surface area (Å²) in [6, 6.07) is 4.37. The number of aliphatic hydroxyl groups is 1. The van der Waals surface area contributed by atoms with Gasteiger partial charge in [0, 0.05) is 0 Å². The van der Waals surface area contributed by atoms with Crippen LogP contribution in [0.2, 0.25) is 0 Å². The molecule has 4 heteroatoms. The lowest BCUT2D eigenvalue weighted by Gasteiger charge is -2.36. The molecule has 1 aromatic carbocycles. The molecular formula is C19H28ClNO2. The summed E-state index contributed by atoms with van der Waals surface area (Å²) in [5.74, 6) is 2.31. The van der Waals surface area contributed by atoms with Crippen LogP contribution < -0.4 is 10.1 Å². The molecule has 0 radical (unpaired) electrons. The van der Waals surface area contributed by atoms with Crippen LogP contribution in [0, 0.1) is 18.8 Å². The van der Waals surface area contributed by atoms with Crippen LogP contribution >= 0.6 is 12.4 Å². The summed E-state index contributed by atoms with van der Waals surface area (Å²) in [4.78, 5) is 0. The van der Waals surface area contributed by atoms with E-state index in [9.17, 15) is 5.11 Å². The van der Waals surface area contributed by atoms with E-state index in [-0.39, 0.29) is 24.6 Å². The molecule has 1 saturated heterocycles. The maximum atomic E-state index is 10.5. The Balaban J connectivity index is 0.00000156. The molecule has 1 aliphatic heterocycles. The van der Waals surface area contributed by atoms with Crippen molar-refractivity contribution < 1.29 is 9.84 Å². The van der Waals surface area contributed by atoms with Gasteiger partial charge < -0.3 is 15.2 Å². The predicted octanol–water partition coefficient (Wildman–Crippen LogP) is 3.03. The van der Waals surface area contributed by atoms with Crippen LogP contribution in [0.3, 0.4) is 0 Å². The van der Waals surface area contributed by atoms with Gasteiger partial charge in [0.05, 0.1) is 6.10 Å². The number of aryl methyl sites for hydroxylation is 1. The highest BCUT2D eigenvalue weighted by Gasteiger charge is 2.40. The smallest absolute Gasteiger partial charge is 0.125 e. The van der Waals surface area contributed by atoms with Crippen molar-refractivity contribution in [1.82, 2.24) is 5.32 Å². The lowest BCUT2D eigenvalue weighted by atomic mass is 9.78. The Morgan fingerprint density at radius 2 is 1.83 bits per heavy atom. The zero-order valence-corrected chi connectivity index (χ0v) is 14.7. The molecule has 2 aliphatic carbocycles. The van der Waals surface area contributed by atoms with Gasteiger partial charge in [-0.05, 0) is 93.1 Å². The first-order valence-corrected chi connectivity index (χ1v) is 8.89. The highest BCUT2D eigenvalue weighted by atomic mass is 35.5. The van der Waals surface area contributed by atoms with Gasteiger partial charge >= 0.3 is 0 Å². The third-order valence-electron chi connectivity index (χ3n) is 6.04. The lowest BCUT2D eigenvalue weighted by Crippen LogP contribution is -2.42. The van der Waals surface area contributed by atoms with E-state index in [1.54, 1.807) is 0 Å². The molecule has 2 N–H and O–H groups in total. The first kappa shape index (κ1) is 17.1. The van der Waals surface area contributed by atoms with E-state index < -0.39 is 0 Å². The normalized spacial score (nSPS) is 32.6. The minimum absolute atomic E-state index is 0. The molecule has 128 valence electrons. The molecule has 4 rings (SSSR count). The zero-order valence-electron chi connectivity index (χ0n) is 13.9. The van der Waals surface area contributed by atoms with E-state index in [1.807, 2.05) is 0 Å². The number of fused-ring (bicyclic) bond motifs is 2. The van der Waals surface area contributed by atoms with Crippen molar-refractivity contribution >= 4 is 12.4 Å². The minimum atomic E-state index is -0.323. The molecule has 0 spiro atoms. The number of nitrogens with one attached hydrogen (secondary N) is 1. The summed E-state index contributed by atoms with van der Waals surface area (Å²) in [5, 5.41) is 13.9. The van der Waals surface area contributed by atoms with Crippen LogP contribution in [-0.2, 0) is 12.8 Å². The fraction of sp³-hybridized carbons (Fsp3) is 0.684. The van der Waals surface area contributed by atoms with Gasteiger partial charge in [-0.15, -0.1) is 12.4 Å². The minimum Gasteiger partial charge on any atom is -0.487 e. The number of hydrogen-bond donors (Lipinski definition) is 2. The molecule has 0 unspecified atom stereocenters. The Labute approximate surface area is 145 Å². The van der Waals surface area contributed by atoms with Crippen LogP contribution in [0.1, 0.15) is 42.4 Å². The van der Waals surface area contributed by atoms with Crippen molar-refractivity contribution in [1.29, 1.82) is 0 Å². The average Bonchev–Trinajstić information content (AvgIpc) is 2.97. The second-order valence-electron chi connectivity index (χ2n) is 7.41. The number of ether oxygens (including phenoxy) is 1. The first-order valence-electron chi connectivity index (χ1n) is 8.89. The van der Waals surface area contributed by atoms with Crippen LogP contribution in [0.15, 0.2) is 12.1 Å². The van der Waals surface area contributed by atoms with Gasteiger partial charge in [-0.25, -0.2) is 0 Å². The van der Waals surface area contributed by atoms with E-state index in [0.717, 1.165) is 31.7 Å². The third-order valence-corrected chi connectivity index (χ3v) is 6.04. The fourth-order valence-corrected chi connectivity index (χ4v) is 4.66. The number of benzene rings is 1. The van der Waals surface area contributed by atoms with Gasteiger partial charge in [-0.2, -0.15) is 0 Å². The average molecular weight is 338 g/mol. The van der Waals surface area contributed by atoms with E-state index in [4.69, 9.17) is 4.74 Å². The van der Waals surface area contributed by atoms with Gasteiger partial charge in [0.25, 0.3) is 0 Å². The third kappa shape index (κ3) is 3.24. The molecule has 0 amide bonds. The summed E-state index contributed by atoms with van der Waals surface area (Å²) in [7, 11) is 0. The Morgan fingerprint density at radius 3 is 2.65 bits per heavy atom. The second-order valence-corrected chi connectivity index (χ2v) is 7.41. The number of aliphatic hydroxyl groups excluding tert-OH is 1. The molecule has 1 saturated carbocycles. The predicted molar refractivity (Wildman–Crippen MR) is 94.6 cm³/mol. The Bertz CT molecular complexity index is 563. The summed E-state index contributed by atoms with van der Waals surface area (Å²) in [6.07, 6.45) is 6.49. The summed E-state index contributed by atoms with van der Waals surface area (Å²) in [5.41, 5.74) is 4.30. The van der Waals surface area contributed by atoms with Crippen molar-refractivity contribution in [3.05, 3.63) is 28.8 Å². The maximum absolute atomic E-state index is 10.5. The van der Waals surface area contributed by atoms with Crippen molar-refractivity contribution in [2.24, 2.45) is 11.8 Å². The first-order chi connectivity index (χ1) is 10.7. The SMILES string of the molecule is Cc1c(O[C@@H]2C[C@@H]3CNC[C@@H]3C[C@H]2O)ccc2c1CCCC2.Cl. The van der Waals surface area contributed by atoms with Gasteiger partial charge in [0.15, 0.2) is 0 Å². The highest BCUT2D eigenvalue weighted by Crippen LogP contribution is 2.37. The Morgan fingerprint density at radius 1 is 1.09 bits per heavy atom. The molecule has 1 aromatic rings. The molecule has 0 bridgehead atoms. The zero-order chi connectivity index (χ0) is 15.1. The van der Waals surface area contributed by atoms with E-state index in [0.29, 0.717) is 11.8 Å². The molecule has 0 aromatic heterocycles. The van der Waals surface area contributed by atoms with Gasteiger partial charge in [-0.1, -0.05) is 6.07 Å². The summed E-state index contributed by atoms with van der Waals surface area (Å²) < 4.78 is 6.29. The molecule has 1 heterocycles. The van der Waals surface area contributed by atoms with Crippen LogP contribution in [0.25, 0.3) is 0 Å². The van der Waals surface area contributed by atoms with Crippen molar-refractivity contribution in [2.75, 3.05) is 13.1 Å². The van der Waals surface area contributed by atoms with Gasteiger partial charge in [-0.3, -0.25) is 0 Å². The lowest BCUT2D eigenvalue weighted by molar-refractivity contribution is -0.0234. The molecular weight excluding hydrogens is 310 g/mol. The van der Waals surface area contributed by atoms with E-state index in [1.165, 1.54) is 42.4 Å². The van der Waals surface area contributed by atoms with Crippen LogP contribution in [0.5, 0.6) is 5.75 Å². The summed E-state index contributed by atoms with van der Waals surface area (Å²) >= 11 is 0. The van der Waals surface area contributed by atoms with Crippen LogP contribution in [0.4, 0.5) is 0 Å². The van der Waals surface area contributed by atoms with E-state index >= 15 is 0 Å². The van der Waals surface area contributed by atoms with Crippen molar-refractivity contribution in [2.45, 2.75) is 57.7 Å². The largest absolute Gasteiger partial charge is 0.487 e. The standard InChI is InChI=1S/C19H27NO2.ClH/c1-12-16-5-3-2-4-13(16)6-7-18(12)22-19-9-15-11-20-10-14(15)8-17(19)21;/h6-7,14-15,17,19-21H,2-5,8-11H2,1H3;1H/t14-,15+,17+,19+;/m0./s1. The second kappa shape index (κ2) is 7.00. The number of halogens is 1. The molecule has 3 aliphatic rings. The Kier molecular flexibility index (Phi) is 5.19. The van der Waals surface area contributed by atoms with Crippen LogP contribution in [-0.4, -0.2) is 30.4 Å². The highest BCUT2D eigenvalue weighted by molar-refractivity contribution is 5.85. The van der Waals surface area contributed by atoms with Crippen molar-refractivity contribution in [3.63, 3.8) is 0 Å². The summed E-state index contributed by atoms with van der Waals surface area (Å²) in [6.45, 7) is 4.33. The number of hydrogen-bond acceptors (Lipinski definition) is 3. The Hall–Kier alpha value is -0.770. The quantitative estimate of drug-likeness (QED) is 0.871. The van der Waals surface area contributed by atoms with Crippen molar-refractivity contribution in [3.8, 4) is 5.75 Å². The number of rotatable bonds is 2. The topological polar surface area (TPSA) is 41.5 Å². The molecule has 4 atom stereocenters. The molecule has 3 nitrogen and oxygen atoms in total. The monoisotopic (exact) mass is 337 g/mol. The van der Waals surface area contributed by atoms with E-state index in [2.05, 4.69) is 24.4 Å². The fourth-order valence-electron chi connectivity index (χ4n) is 4.66.